The molecule has 0 radical (unpaired) electrons. The Bertz CT molecular complexity index is 3780. The molecule has 2 N–H and O–H groups in total. The van der Waals surface area contributed by atoms with Crippen LogP contribution in [0.5, 0.6) is 17.2 Å². The fourth-order valence-electron chi connectivity index (χ4n) is 9.40. The molecule has 2 aliphatic rings. The topological polar surface area (TPSA) is 209 Å². The number of imide groups is 1. The normalized spacial score (nSPS) is 16.9. The lowest BCUT2D eigenvalue weighted by atomic mass is 9.95. The van der Waals surface area contributed by atoms with Gasteiger partial charge in [0, 0.05) is 63.4 Å². The zero-order valence-corrected chi connectivity index (χ0v) is 43.6. The van der Waals surface area contributed by atoms with Gasteiger partial charge in [-0.05, 0) is 123 Å². The number of amides is 3. The molecule has 3 amide bonds. The number of nitrogens with zero attached hydrogens (tertiary/aromatic N) is 6. The van der Waals surface area contributed by atoms with Crippen LogP contribution >= 0.6 is 11.6 Å². The second-order valence-corrected chi connectivity index (χ2v) is 19.4. The van der Waals surface area contributed by atoms with Crippen LogP contribution in [0.2, 0.25) is 5.02 Å². The van der Waals surface area contributed by atoms with Gasteiger partial charge in [0.1, 0.15) is 23.8 Å². The maximum Gasteiger partial charge on any atom is 0.573 e. The monoisotopic (exact) mass is 1140 g/mol. The van der Waals surface area contributed by atoms with Crippen molar-refractivity contribution < 1.29 is 74.0 Å². The van der Waals surface area contributed by atoms with Crippen molar-refractivity contribution in [1.82, 2.24) is 40.0 Å². The van der Waals surface area contributed by atoms with Crippen LogP contribution in [0, 0.1) is 13.8 Å². The number of hydrogen-bond acceptors (Lipinski definition) is 13. The lowest BCUT2D eigenvalue weighted by molar-refractivity contribution is -0.275. The smallest absolute Gasteiger partial charge is 0.497 e. The average molecular weight is 1140 g/mol. The number of hydrogen-bond donors (Lipinski definition) is 2. The van der Waals surface area contributed by atoms with Gasteiger partial charge in [0.2, 0.25) is 5.60 Å². The highest BCUT2D eigenvalue weighted by atomic mass is 35.5. The van der Waals surface area contributed by atoms with E-state index in [1.165, 1.54) is 49.2 Å². The van der Waals surface area contributed by atoms with E-state index in [4.69, 9.17) is 25.8 Å². The summed E-state index contributed by atoms with van der Waals surface area (Å²) >= 11 is 5.97. The van der Waals surface area contributed by atoms with E-state index in [0.29, 0.717) is 66.2 Å². The first kappa shape index (κ1) is 58.0. The van der Waals surface area contributed by atoms with Gasteiger partial charge in [-0.3, -0.25) is 29.8 Å². The molecule has 10 rings (SSSR count). The van der Waals surface area contributed by atoms with Gasteiger partial charge in [-0.1, -0.05) is 43.3 Å². The van der Waals surface area contributed by atoms with Crippen LogP contribution in [-0.4, -0.2) is 89.9 Å². The zero-order valence-electron chi connectivity index (χ0n) is 42.8. The largest absolute Gasteiger partial charge is 0.573 e. The Hall–Kier alpha value is -9.19. The molecule has 2 saturated heterocycles. The number of tetrazole rings is 1. The molecule has 2 aliphatic heterocycles. The summed E-state index contributed by atoms with van der Waals surface area (Å²) in [5.74, 6) is -1.56. The fraction of sp³-hybridized carbons (Fsp3) is 0.250. The summed E-state index contributed by atoms with van der Waals surface area (Å²) in [6.45, 7) is 10.2. The van der Waals surface area contributed by atoms with Crippen LogP contribution in [0.15, 0.2) is 122 Å². The van der Waals surface area contributed by atoms with Crippen molar-refractivity contribution in [3.8, 4) is 17.2 Å². The molecule has 0 unspecified atom stereocenters. The number of carbonyl (C=O) groups excluding carboxylic acids is 5. The van der Waals surface area contributed by atoms with Gasteiger partial charge in [0.05, 0.1) is 35.8 Å². The van der Waals surface area contributed by atoms with E-state index in [1.807, 2.05) is 0 Å². The number of halogens is 7. The number of methoxy groups -OCH3 is 1. The summed E-state index contributed by atoms with van der Waals surface area (Å²) < 4.78 is 105. The lowest BCUT2D eigenvalue weighted by Crippen LogP contribution is -2.40. The summed E-state index contributed by atoms with van der Waals surface area (Å²) in [5.41, 5.74) is 2.04. The number of alkyl halides is 6. The second-order valence-electron chi connectivity index (χ2n) is 19.0. The summed E-state index contributed by atoms with van der Waals surface area (Å²) in [6.07, 6.45) is -10.4. The van der Waals surface area contributed by atoms with Gasteiger partial charge < -0.3 is 32.8 Å². The second kappa shape index (κ2) is 22.2. The SMILES string of the molecule is C.C=C1NC(=O)[C@](C)(Cn2nnc(Cn3c(C)c(C(=O)c4ccc(OC)cc4)c4ccc(OC(F)(F)F)cc43)n2)O1.Cc1c(C(=O)c2ccc(Cl)cc2)c2ccc(OC(F)(F)F)cc2n1Cc1ccc(C[C@]2(C)OC(=O)NC2=O)cc1. The minimum atomic E-state index is -4.90. The molecule has 5 aromatic carbocycles. The Morgan fingerprint density at radius 2 is 1.15 bits per heavy atom. The van der Waals surface area contributed by atoms with Crippen LogP contribution in [0.25, 0.3) is 21.8 Å². The van der Waals surface area contributed by atoms with Crippen molar-refractivity contribution in [2.24, 2.45) is 0 Å². The highest BCUT2D eigenvalue weighted by Gasteiger charge is 2.45. The highest BCUT2D eigenvalue weighted by Crippen LogP contribution is 2.36. The maximum absolute atomic E-state index is 13.6. The van der Waals surface area contributed by atoms with Gasteiger partial charge in [-0.25, -0.2) is 4.79 Å². The molecular weight excluding hydrogens is 1090 g/mol. The molecule has 5 heterocycles. The van der Waals surface area contributed by atoms with Crippen LogP contribution in [0.4, 0.5) is 31.1 Å². The molecule has 0 bridgehead atoms. The first-order valence-corrected chi connectivity index (χ1v) is 24.4. The van der Waals surface area contributed by atoms with Gasteiger partial charge >= 0.3 is 18.8 Å². The Labute approximate surface area is 462 Å². The molecule has 422 valence electrons. The van der Waals surface area contributed by atoms with Crippen molar-refractivity contribution in [1.29, 1.82) is 0 Å². The number of cyclic esters (lactones) is 1. The molecule has 18 nitrogen and oxygen atoms in total. The number of alkyl carbamates (subject to hydrolysis) is 1. The number of carbonyl (C=O) groups is 5. The number of benzene rings is 5. The molecule has 0 aliphatic carbocycles. The number of fused-ring (bicyclic) bond motifs is 2. The Morgan fingerprint density at radius 1 is 0.667 bits per heavy atom. The van der Waals surface area contributed by atoms with E-state index in [0.717, 1.165) is 17.2 Å². The third kappa shape index (κ3) is 12.5. The van der Waals surface area contributed by atoms with E-state index in [9.17, 15) is 50.3 Å². The molecule has 8 aromatic rings. The quantitative estimate of drug-likeness (QED) is 0.0724. The van der Waals surface area contributed by atoms with Crippen LogP contribution in [0.3, 0.4) is 0 Å². The summed E-state index contributed by atoms with van der Waals surface area (Å²) in [7, 11) is 1.51. The fourth-order valence-corrected chi connectivity index (χ4v) is 9.52. The molecule has 0 spiro atoms. The van der Waals surface area contributed by atoms with Gasteiger partial charge in [-0.2, -0.15) is 4.80 Å². The maximum atomic E-state index is 13.6. The summed E-state index contributed by atoms with van der Waals surface area (Å²) in [4.78, 5) is 64.1. The van der Waals surface area contributed by atoms with Crippen molar-refractivity contribution >= 4 is 62.9 Å². The van der Waals surface area contributed by atoms with Gasteiger partial charge in [-0.15, -0.1) is 36.5 Å². The minimum absolute atomic E-state index is 0. The van der Waals surface area contributed by atoms with Crippen molar-refractivity contribution in [3.63, 3.8) is 0 Å². The van der Waals surface area contributed by atoms with Crippen LogP contribution in [0.1, 0.15) is 81.5 Å². The zero-order chi connectivity index (χ0) is 57.6. The Kier molecular flexibility index (Phi) is 15.9. The number of rotatable bonds is 15. The average Bonchev–Trinajstić information content (AvgIpc) is 3.60. The van der Waals surface area contributed by atoms with E-state index >= 15 is 0 Å². The Morgan fingerprint density at radius 3 is 1.62 bits per heavy atom. The third-order valence-electron chi connectivity index (χ3n) is 13.2. The van der Waals surface area contributed by atoms with E-state index in [-0.39, 0.29) is 56.8 Å². The number of nitrogens with one attached hydrogen (secondary N) is 2. The molecule has 25 heteroatoms. The minimum Gasteiger partial charge on any atom is -0.497 e. The predicted octanol–water partition coefficient (Wildman–Crippen LogP) is 10.5. The van der Waals surface area contributed by atoms with Crippen molar-refractivity contribution in [2.45, 2.75) is 85.1 Å². The van der Waals surface area contributed by atoms with Gasteiger partial charge in [0.25, 0.3) is 11.8 Å². The summed E-state index contributed by atoms with van der Waals surface area (Å²) in [5, 5.41) is 18.3. The molecule has 2 fully saturated rings. The van der Waals surface area contributed by atoms with E-state index < -0.39 is 53.3 Å². The number of ether oxygens (including phenoxy) is 5. The summed E-state index contributed by atoms with van der Waals surface area (Å²) in [6, 6.07) is 27.7. The molecule has 2 atom stereocenters. The Balaban J connectivity index is 0.000000210. The van der Waals surface area contributed by atoms with Gasteiger partial charge in [0.15, 0.2) is 28.9 Å². The predicted molar refractivity (Wildman–Crippen MR) is 281 cm³/mol. The van der Waals surface area contributed by atoms with Crippen LogP contribution < -0.4 is 24.8 Å². The first-order valence-electron chi connectivity index (χ1n) is 24.0. The van der Waals surface area contributed by atoms with E-state index in [1.54, 1.807) is 103 Å². The first-order chi connectivity index (χ1) is 37.7. The van der Waals surface area contributed by atoms with Crippen molar-refractivity contribution in [3.05, 3.63) is 177 Å². The van der Waals surface area contributed by atoms with E-state index in [2.05, 4.69) is 42.1 Å². The number of ketones is 2. The van der Waals surface area contributed by atoms with Crippen molar-refractivity contribution in [2.75, 3.05) is 7.11 Å². The number of aromatic nitrogens is 6. The third-order valence-corrected chi connectivity index (χ3v) is 13.5. The molecule has 3 aromatic heterocycles. The highest BCUT2D eigenvalue weighted by molar-refractivity contribution is 6.30. The lowest BCUT2D eigenvalue weighted by Gasteiger charge is -2.19. The standard InChI is InChI=1S/C29H22ClF3N2O5.C26H23F3N6O5.CH4/c1-16-24(25(36)19-7-9-20(30)10-8-19)22-12-11-21(39-29(31,32)33)13-23(22)35(16)15-18-5-3-17(4-6-18)14-28(2)26(37)34-27(38)40-28;1-14-22(23(36)16-5-7-17(38-4)8-6-16)19-10-9-18(40-26(27,28)29)11-20(19)34(14)12-21-31-33-35(32-21)13-25(3)24(37)30-15(2)39-25;/h3-13H,14-15H2,1-2H3,(H,34,37,38);5-11H,2,12-13H2,1,3-4H3,(H,30,37);1H4/t28-;25-;/m00./s1. The molecule has 0 saturated carbocycles. The van der Waals surface area contributed by atoms with Crippen LogP contribution in [-0.2, 0) is 45.1 Å². The molecule has 81 heavy (non-hydrogen) atoms. The molecular formula is C56H49ClF6N8O10.